The molecule has 1 aromatic carbocycles. The van der Waals surface area contributed by atoms with E-state index >= 15 is 0 Å². The van der Waals surface area contributed by atoms with Crippen molar-refractivity contribution in [3.63, 3.8) is 0 Å². The first-order valence-corrected chi connectivity index (χ1v) is 11.2. The second-order valence-corrected chi connectivity index (χ2v) is 8.06. The zero-order chi connectivity index (χ0) is 23.3. The first-order chi connectivity index (χ1) is 15.4. The summed E-state index contributed by atoms with van der Waals surface area (Å²) in [5.74, 6) is -0.343. The maximum absolute atomic E-state index is 13.3. The monoisotopic (exact) mass is 454 g/mol. The zero-order valence-electron chi connectivity index (χ0n) is 18.0. The lowest BCUT2D eigenvalue weighted by molar-refractivity contribution is -0.115. The van der Waals surface area contributed by atoms with Crippen LogP contribution in [0.4, 0.5) is 4.39 Å². The van der Waals surface area contributed by atoms with Gasteiger partial charge >= 0.3 is 0 Å². The lowest BCUT2D eigenvalue weighted by Crippen LogP contribution is -2.24. The van der Waals surface area contributed by atoms with E-state index < -0.39 is 10.8 Å². The number of carbonyl (C=O) groups is 1. The Kier molecular flexibility index (Phi) is 7.32. The number of hydrogen-bond acceptors (Lipinski definition) is 5. The van der Waals surface area contributed by atoms with E-state index in [2.05, 4.69) is 22.0 Å². The van der Waals surface area contributed by atoms with E-state index in [0.29, 0.717) is 39.0 Å². The Hall–Kier alpha value is -3.59. The number of methoxy groups -OCH3 is 1. The third-order valence-corrected chi connectivity index (χ3v) is 5.49. The summed E-state index contributed by atoms with van der Waals surface area (Å²) in [6.45, 7) is 5.78. The van der Waals surface area contributed by atoms with Crippen molar-refractivity contribution in [2.24, 2.45) is 0 Å². The van der Waals surface area contributed by atoms with Crippen LogP contribution in [0.3, 0.4) is 0 Å². The van der Waals surface area contributed by atoms with E-state index in [-0.39, 0.29) is 18.3 Å². The summed E-state index contributed by atoms with van der Waals surface area (Å²) >= 11 is 0. The topological polar surface area (TPSA) is 86.1 Å². The Bertz CT molecular complexity index is 1200. The molecule has 9 heteroatoms. The highest BCUT2D eigenvalue weighted by Crippen LogP contribution is 2.24. The largest absolute Gasteiger partial charge is 0.481 e. The number of nitrogens with zero attached hydrogens (tertiary/aromatic N) is 3. The SMILES string of the molecule is C=Cc1c(/C(=C\C)C(=O)NCc2cc(OC)nc(S(C)=O)c2)cnn1-c1ccc(F)cc1. The van der Waals surface area contributed by atoms with Crippen LogP contribution in [0.15, 0.2) is 60.3 Å². The van der Waals surface area contributed by atoms with Crippen molar-refractivity contribution in [3.8, 4) is 11.6 Å². The van der Waals surface area contributed by atoms with Gasteiger partial charge in [0.15, 0.2) is 0 Å². The molecule has 32 heavy (non-hydrogen) atoms. The van der Waals surface area contributed by atoms with E-state index in [0.717, 1.165) is 0 Å². The van der Waals surface area contributed by atoms with Crippen LogP contribution >= 0.6 is 0 Å². The fourth-order valence-corrected chi connectivity index (χ4v) is 3.66. The Labute approximate surface area is 188 Å². The Morgan fingerprint density at radius 3 is 2.62 bits per heavy atom. The van der Waals surface area contributed by atoms with Crippen molar-refractivity contribution in [2.75, 3.05) is 13.4 Å². The maximum Gasteiger partial charge on any atom is 0.251 e. The number of halogens is 1. The summed E-state index contributed by atoms with van der Waals surface area (Å²) in [7, 11) is 0.185. The molecule has 7 nitrogen and oxygen atoms in total. The van der Waals surface area contributed by atoms with Crippen molar-refractivity contribution in [1.82, 2.24) is 20.1 Å². The minimum Gasteiger partial charge on any atom is -0.481 e. The molecule has 166 valence electrons. The van der Waals surface area contributed by atoms with Crippen molar-refractivity contribution < 1.29 is 18.1 Å². The van der Waals surface area contributed by atoms with E-state index in [1.807, 2.05) is 0 Å². The van der Waals surface area contributed by atoms with Gasteiger partial charge in [0.25, 0.3) is 5.91 Å². The third kappa shape index (κ3) is 5.00. The van der Waals surface area contributed by atoms with Crippen LogP contribution in [0.1, 0.15) is 23.7 Å². The Morgan fingerprint density at radius 2 is 2.03 bits per heavy atom. The van der Waals surface area contributed by atoms with Crippen LogP contribution in [0, 0.1) is 5.82 Å². The number of aromatic nitrogens is 3. The van der Waals surface area contributed by atoms with Crippen molar-refractivity contribution in [1.29, 1.82) is 0 Å². The number of hydrogen-bond donors (Lipinski definition) is 1. The van der Waals surface area contributed by atoms with Gasteiger partial charge in [-0.25, -0.2) is 14.1 Å². The van der Waals surface area contributed by atoms with Gasteiger partial charge < -0.3 is 10.1 Å². The molecule has 1 N–H and O–H groups in total. The lowest BCUT2D eigenvalue weighted by atomic mass is 10.1. The van der Waals surface area contributed by atoms with E-state index in [4.69, 9.17) is 4.74 Å². The fraction of sp³-hybridized carbons (Fsp3) is 0.174. The highest BCUT2D eigenvalue weighted by atomic mass is 32.2. The van der Waals surface area contributed by atoms with Gasteiger partial charge in [0.2, 0.25) is 5.88 Å². The molecule has 1 amide bonds. The predicted molar refractivity (Wildman–Crippen MR) is 122 cm³/mol. The highest BCUT2D eigenvalue weighted by molar-refractivity contribution is 7.84. The molecule has 0 aliphatic heterocycles. The van der Waals surface area contributed by atoms with Crippen LogP contribution in [0.25, 0.3) is 17.3 Å². The molecule has 3 rings (SSSR count). The quantitative estimate of drug-likeness (QED) is 0.527. The average molecular weight is 455 g/mol. The first-order valence-electron chi connectivity index (χ1n) is 9.67. The molecule has 0 bridgehead atoms. The number of amides is 1. The van der Waals surface area contributed by atoms with Gasteiger partial charge in [0.05, 0.1) is 35.5 Å². The minimum atomic E-state index is -1.29. The number of rotatable bonds is 8. The van der Waals surface area contributed by atoms with E-state index in [1.54, 1.807) is 54.2 Å². The smallest absolute Gasteiger partial charge is 0.251 e. The normalized spacial score (nSPS) is 12.3. The number of carbonyl (C=O) groups excluding carboxylic acids is 1. The number of allylic oxidation sites excluding steroid dienone is 1. The molecule has 0 aliphatic carbocycles. The minimum absolute atomic E-state index is 0.189. The second kappa shape index (κ2) is 10.1. The van der Waals surface area contributed by atoms with Gasteiger partial charge in [-0.05, 0) is 48.9 Å². The Balaban J connectivity index is 1.84. The second-order valence-electron chi connectivity index (χ2n) is 6.73. The third-order valence-electron chi connectivity index (χ3n) is 4.69. The van der Waals surface area contributed by atoms with E-state index in [9.17, 15) is 13.4 Å². The molecule has 0 saturated heterocycles. The highest BCUT2D eigenvalue weighted by Gasteiger charge is 2.19. The molecule has 0 saturated carbocycles. The number of benzene rings is 1. The van der Waals surface area contributed by atoms with Gasteiger partial charge in [-0.2, -0.15) is 5.10 Å². The number of ether oxygens (including phenoxy) is 1. The van der Waals surface area contributed by atoms with Crippen molar-refractivity contribution in [3.05, 3.63) is 77.9 Å². The summed E-state index contributed by atoms with van der Waals surface area (Å²) in [6, 6.07) is 9.21. The summed E-state index contributed by atoms with van der Waals surface area (Å²) < 4.78 is 31.8. The van der Waals surface area contributed by atoms with Crippen molar-refractivity contribution >= 4 is 28.4 Å². The predicted octanol–water partition coefficient (Wildman–Crippen LogP) is 3.52. The summed E-state index contributed by atoms with van der Waals surface area (Å²) in [5.41, 5.74) is 2.96. The van der Waals surface area contributed by atoms with Gasteiger partial charge in [0.1, 0.15) is 10.8 Å². The molecule has 0 spiro atoms. The van der Waals surface area contributed by atoms with E-state index in [1.165, 1.54) is 25.5 Å². The molecule has 3 aromatic rings. The van der Waals surface area contributed by atoms with Gasteiger partial charge in [-0.3, -0.25) is 9.00 Å². The molecule has 1 atom stereocenters. The lowest BCUT2D eigenvalue weighted by Gasteiger charge is -2.11. The van der Waals surface area contributed by atoms with Gasteiger partial charge in [-0.15, -0.1) is 0 Å². The molecule has 2 aromatic heterocycles. The standard InChI is InChI=1S/C23H23FN4O3S/c1-5-18(19-14-26-28(20(19)6-2)17-9-7-16(24)8-10-17)23(29)25-13-15-11-21(31-3)27-22(12-15)32(4)30/h5-12,14H,2,13H2,1,3-4H3,(H,25,29)/b18-5+. The number of nitrogens with one attached hydrogen (secondary N) is 1. The average Bonchev–Trinajstić information content (AvgIpc) is 3.22. The molecule has 0 radical (unpaired) electrons. The zero-order valence-corrected chi connectivity index (χ0v) is 18.8. The van der Waals surface area contributed by atoms with Crippen molar-refractivity contribution in [2.45, 2.75) is 18.5 Å². The van der Waals surface area contributed by atoms with Gasteiger partial charge in [-0.1, -0.05) is 12.7 Å². The fourth-order valence-electron chi connectivity index (χ4n) is 3.12. The van der Waals surface area contributed by atoms with Crippen LogP contribution in [-0.2, 0) is 22.1 Å². The molecule has 0 fully saturated rings. The molecule has 1 unspecified atom stereocenters. The van der Waals surface area contributed by atoms with Crippen LogP contribution in [0.5, 0.6) is 5.88 Å². The molecule has 0 aliphatic rings. The Morgan fingerprint density at radius 1 is 1.31 bits per heavy atom. The molecular formula is C23H23FN4O3S. The van der Waals surface area contributed by atoms with Crippen LogP contribution < -0.4 is 10.1 Å². The van der Waals surface area contributed by atoms with Crippen LogP contribution in [-0.4, -0.2) is 38.2 Å². The molecule has 2 heterocycles. The van der Waals surface area contributed by atoms with Crippen LogP contribution in [0.2, 0.25) is 0 Å². The summed E-state index contributed by atoms with van der Waals surface area (Å²) in [6.07, 6.45) is 6.38. The van der Waals surface area contributed by atoms with Gasteiger partial charge in [0, 0.05) is 30.0 Å². The summed E-state index contributed by atoms with van der Waals surface area (Å²) in [4.78, 5) is 17.1. The first kappa shape index (κ1) is 23.1. The summed E-state index contributed by atoms with van der Waals surface area (Å²) in [5, 5.41) is 7.59. The molecular weight excluding hydrogens is 431 g/mol. The maximum atomic E-state index is 13.3. The number of pyridine rings is 1.